The Kier molecular flexibility index (Phi) is 5.83. The van der Waals surface area contributed by atoms with Crippen LogP contribution in [-0.2, 0) is 0 Å². The number of benzene rings is 1. The van der Waals surface area contributed by atoms with E-state index in [0.717, 1.165) is 0 Å². The van der Waals surface area contributed by atoms with Gasteiger partial charge in [0, 0.05) is 11.8 Å². The number of aromatic nitrogens is 2. The van der Waals surface area contributed by atoms with Crippen molar-refractivity contribution in [2.75, 3.05) is 7.05 Å². The van der Waals surface area contributed by atoms with Crippen LogP contribution in [0.2, 0.25) is 15.1 Å². The molecule has 2 aromatic heterocycles. The van der Waals surface area contributed by atoms with E-state index in [1.807, 2.05) is 0 Å². The maximum Gasteiger partial charge on any atom is 0.217 e. The lowest BCUT2D eigenvalue weighted by Gasteiger charge is -2.18. The summed E-state index contributed by atoms with van der Waals surface area (Å²) in [4.78, 5) is 21.0. The molecule has 3 aromatic rings. The van der Waals surface area contributed by atoms with Crippen molar-refractivity contribution in [1.29, 1.82) is 0 Å². The van der Waals surface area contributed by atoms with Crippen molar-refractivity contribution in [2.45, 2.75) is 6.92 Å². The lowest BCUT2D eigenvalue weighted by molar-refractivity contribution is 0.883. The topological polar surface area (TPSA) is 110 Å². The maximum absolute atomic E-state index is 12.8. The summed E-state index contributed by atoms with van der Waals surface area (Å²) in [5.74, 6) is -0.0262. The molecule has 0 fully saturated rings. The zero-order valence-electron chi connectivity index (χ0n) is 14.7. The Morgan fingerprint density at radius 3 is 2.54 bits per heavy atom. The highest BCUT2D eigenvalue weighted by molar-refractivity contribution is 6.38. The highest BCUT2D eigenvalue weighted by atomic mass is 35.5. The fraction of sp³-hybridized carbons (Fsp3) is 0.118. The molecule has 0 amide bonds. The molecule has 8 nitrogen and oxygen atoms in total. The lowest BCUT2D eigenvalue weighted by atomic mass is 10.2. The van der Waals surface area contributed by atoms with E-state index >= 15 is 0 Å². The van der Waals surface area contributed by atoms with Crippen LogP contribution in [0.25, 0.3) is 16.6 Å². The maximum atomic E-state index is 12.8. The SMILES string of the molecule is CN=NNC(N)=Nc1ncc(Cl)c2c1c(=O)cc(C)n2-c1c(Cl)cccc1Cl. The van der Waals surface area contributed by atoms with E-state index < -0.39 is 0 Å². The highest BCUT2D eigenvalue weighted by Gasteiger charge is 2.19. The van der Waals surface area contributed by atoms with Gasteiger partial charge in [-0.25, -0.2) is 10.4 Å². The first-order valence-electron chi connectivity index (χ1n) is 7.89. The highest BCUT2D eigenvalue weighted by Crippen LogP contribution is 2.35. The Hall–Kier alpha value is -2.68. The number of hydrogen-bond donors (Lipinski definition) is 2. The summed E-state index contributed by atoms with van der Waals surface area (Å²) in [6, 6.07) is 6.53. The van der Waals surface area contributed by atoms with Gasteiger partial charge in [0.1, 0.15) is 0 Å². The molecular formula is C17H14Cl3N7O. The number of para-hydroxylation sites is 1. The Bertz CT molecular complexity index is 1170. The lowest BCUT2D eigenvalue weighted by Crippen LogP contribution is -2.26. The molecule has 0 atom stereocenters. The molecule has 0 saturated carbocycles. The summed E-state index contributed by atoms with van der Waals surface area (Å²) in [6.45, 7) is 1.75. The standard InChI is InChI=1S/C17H14Cl3N7O/c1-8-6-12(28)13-15(27(8)14-9(18)4-3-5-10(14)19)11(20)7-23-16(13)24-17(21)25-26-22-2/h3-7H,1-2H3,(H3,21,22,23,24,25). The van der Waals surface area contributed by atoms with Crippen molar-refractivity contribution in [1.82, 2.24) is 15.0 Å². The zero-order chi connectivity index (χ0) is 20.4. The molecule has 1 aromatic carbocycles. The molecule has 2 heterocycles. The Balaban J connectivity index is 2.43. The van der Waals surface area contributed by atoms with Gasteiger partial charge in [-0.05, 0) is 19.1 Å². The molecule has 0 spiro atoms. The number of nitrogens with one attached hydrogen (secondary N) is 1. The minimum Gasteiger partial charge on any atom is -0.368 e. The van der Waals surface area contributed by atoms with E-state index in [1.54, 1.807) is 29.7 Å². The van der Waals surface area contributed by atoms with Crippen molar-refractivity contribution in [3.05, 3.63) is 61.4 Å². The quantitative estimate of drug-likeness (QED) is 0.276. The van der Waals surface area contributed by atoms with Gasteiger partial charge in [0.05, 0.1) is 44.9 Å². The number of halogens is 3. The molecule has 0 saturated heterocycles. The van der Waals surface area contributed by atoms with Crippen LogP contribution in [0.5, 0.6) is 0 Å². The van der Waals surface area contributed by atoms with Crippen LogP contribution in [0, 0.1) is 6.92 Å². The van der Waals surface area contributed by atoms with Gasteiger partial charge in [0.15, 0.2) is 11.2 Å². The second-order valence-electron chi connectivity index (χ2n) is 5.62. The summed E-state index contributed by atoms with van der Waals surface area (Å²) in [7, 11) is 1.46. The molecule has 0 radical (unpaired) electrons. The number of nitrogens with zero attached hydrogens (tertiary/aromatic N) is 5. The third-order valence-corrected chi connectivity index (χ3v) is 4.69. The van der Waals surface area contributed by atoms with E-state index in [9.17, 15) is 4.79 Å². The summed E-state index contributed by atoms with van der Waals surface area (Å²) in [5.41, 5.74) is 9.28. The number of aliphatic imine (C=N–C) groups is 1. The summed E-state index contributed by atoms with van der Waals surface area (Å²) in [6.07, 6.45) is 1.37. The molecule has 0 bridgehead atoms. The first-order chi connectivity index (χ1) is 13.3. The van der Waals surface area contributed by atoms with Gasteiger partial charge in [0.25, 0.3) is 0 Å². The van der Waals surface area contributed by atoms with Gasteiger partial charge >= 0.3 is 0 Å². The van der Waals surface area contributed by atoms with E-state index in [0.29, 0.717) is 26.9 Å². The first-order valence-corrected chi connectivity index (χ1v) is 9.02. The minimum atomic E-state index is -0.328. The van der Waals surface area contributed by atoms with E-state index in [1.165, 1.54) is 19.3 Å². The molecule has 144 valence electrons. The Morgan fingerprint density at radius 2 is 1.89 bits per heavy atom. The number of rotatable bonds is 3. The molecule has 0 aliphatic carbocycles. The van der Waals surface area contributed by atoms with Crippen LogP contribution in [0.1, 0.15) is 5.69 Å². The molecular weight excluding hydrogens is 425 g/mol. The molecule has 0 unspecified atom stereocenters. The van der Waals surface area contributed by atoms with E-state index in [2.05, 4.69) is 25.7 Å². The summed E-state index contributed by atoms with van der Waals surface area (Å²) in [5, 5.41) is 8.22. The first kappa shape index (κ1) is 20.1. The van der Waals surface area contributed by atoms with Crippen molar-refractivity contribution >= 4 is 57.5 Å². The van der Waals surface area contributed by atoms with Crippen molar-refractivity contribution < 1.29 is 0 Å². The Labute approximate surface area is 174 Å². The smallest absolute Gasteiger partial charge is 0.217 e. The van der Waals surface area contributed by atoms with E-state index in [4.69, 9.17) is 40.5 Å². The number of nitrogens with two attached hydrogens (primary N) is 1. The molecule has 3 N–H and O–H groups in total. The largest absolute Gasteiger partial charge is 0.368 e. The number of aryl methyl sites for hydroxylation is 1. The van der Waals surface area contributed by atoms with Crippen molar-refractivity contribution in [3.8, 4) is 5.69 Å². The van der Waals surface area contributed by atoms with Crippen LogP contribution in [0.4, 0.5) is 5.82 Å². The molecule has 28 heavy (non-hydrogen) atoms. The third-order valence-electron chi connectivity index (χ3n) is 3.80. The van der Waals surface area contributed by atoms with Crippen LogP contribution < -0.4 is 16.6 Å². The van der Waals surface area contributed by atoms with Crippen LogP contribution in [-0.4, -0.2) is 22.6 Å². The van der Waals surface area contributed by atoms with Crippen LogP contribution in [0.15, 0.2) is 50.6 Å². The van der Waals surface area contributed by atoms with Gasteiger partial charge in [-0.1, -0.05) is 46.1 Å². The second-order valence-corrected chi connectivity index (χ2v) is 6.84. The fourth-order valence-corrected chi connectivity index (χ4v) is 3.53. The number of hydrogen-bond acceptors (Lipinski definition) is 5. The monoisotopic (exact) mass is 437 g/mol. The Morgan fingerprint density at radius 1 is 1.21 bits per heavy atom. The van der Waals surface area contributed by atoms with Gasteiger partial charge in [-0.15, -0.1) is 0 Å². The average Bonchev–Trinajstić information content (AvgIpc) is 2.64. The minimum absolute atomic E-state index is 0.0672. The van der Waals surface area contributed by atoms with Gasteiger partial charge < -0.3 is 10.3 Å². The fourth-order valence-electron chi connectivity index (χ4n) is 2.73. The number of guanidine groups is 1. The summed E-state index contributed by atoms with van der Waals surface area (Å²) < 4.78 is 1.69. The number of fused-ring (bicyclic) bond motifs is 1. The summed E-state index contributed by atoms with van der Waals surface area (Å²) >= 11 is 19.2. The predicted molar refractivity (Wildman–Crippen MR) is 112 cm³/mol. The number of pyridine rings is 2. The predicted octanol–water partition coefficient (Wildman–Crippen LogP) is 4.19. The molecule has 11 heteroatoms. The molecule has 0 aliphatic heterocycles. The molecule has 3 rings (SSSR count). The normalized spacial score (nSPS) is 12.1. The van der Waals surface area contributed by atoms with Crippen molar-refractivity contribution in [2.24, 2.45) is 21.1 Å². The average molecular weight is 439 g/mol. The zero-order valence-corrected chi connectivity index (χ0v) is 17.0. The third kappa shape index (κ3) is 3.66. The van der Waals surface area contributed by atoms with Crippen LogP contribution >= 0.6 is 34.8 Å². The van der Waals surface area contributed by atoms with Gasteiger partial charge in [-0.2, -0.15) is 10.1 Å². The van der Waals surface area contributed by atoms with Crippen molar-refractivity contribution in [3.63, 3.8) is 0 Å². The van der Waals surface area contributed by atoms with E-state index in [-0.39, 0.29) is 27.6 Å². The van der Waals surface area contributed by atoms with Gasteiger partial charge in [0.2, 0.25) is 5.96 Å². The molecule has 0 aliphatic rings. The van der Waals surface area contributed by atoms with Gasteiger partial charge in [-0.3, -0.25) is 4.79 Å². The second kappa shape index (κ2) is 8.14. The van der Waals surface area contributed by atoms with Crippen LogP contribution in [0.3, 0.4) is 0 Å².